The first-order valence-electron chi connectivity index (χ1n) is 4.00. The smallest absolute Gasteiger partial charge is 0.335 e. The van der Waals surface area contributed by atoms with Gasteiger partial charge in [0.1, 0.15) is 0 Å². The van der Waals surface area contributed by atoms with E-state index in [0.29, 0.717) is 25.0 Å². The molecule has 78 valence electrons. The number of ether oxygens (including phenoxy) is 3. The average molecular weight is 255 g/mol. The number of hydrogen-bond donors (Lipinski definition) is 0. The van der Waals surface area contributed by atoms with E-state index in [1.807, 2.05) is 0 Å². The molecule has 0 bridgehead atoms. The molecule has 0 N–H and O–H groups in total. The maximum absolute atomic E-state index is 11.1. The summed E-state index contributed by atoms with van der Waals surface area (Å²) in [7, 11) is 2.93. The number of alkyl halides is 1. The van der Waals surface area contributed by atoms with Crippen molar-refractivity contribution in [3.05, 3.63) is 0 Å². The lowest BCUT2D eigenvalue weighted by Crippen LogP contribution is -2.27. The number of methoxy groups -OCH3 is 2. The monoisotopic (exact) mass is 254 g/mol. The fraction of sp³-hybridized carbons (Fsp3) is 0.875. The normalized spacial score (nSPS) is 12.5. The van der Waals surface area contributed by atoms with Crippen LogP contribution in [-0.4, -0.2) is 44.8 Å². The van der Waals surface area contributed by atoms with Crippen molar-refractivity contribution in [2.75, 3.05) is 32.8 Å². The van der Waals surface area contributed by atoms with Crippen molar-refractivity contribution in [2.45, 2.75) is 12.5 Å². The minimum absolute atomic E-state index is 0.337. The zero-order valence-corrected chi connectivity index (χ0v) is 9.50. The van der Waals surface area contributed by atoms with E-state index in [1.165, 1.54) is 7.11 Å². The Kier molecular flexibility index (Phi) is 8.38. The molecule has 4 nitrogen and oxygen atoms in total. The highest BCUT2D eigenvalue weighted by Gasteiger charge is 2.18. The topological polar surface area (TPSA) is 44.8 Å². The lowest BCUT2D eigenvalue weighted by Gasteiger charge is -2.13. The van der Waals surface area contributed by atoms with Crippen LogP contribution in [0.1, 0.15) is 6.42 Å². The van der Waals surface area contributed by atoms with Crippen LogP contribution in [0.25, 0.3) is 0 Å². The van der Waals surface area contributed by atoms with E-state index in [-0.39, 0.29) is 5.97 Å². The third-order valence-electron chi connectivity index (χ3n) is 1.44. The molecule has 0 aromatic heterocycles. The molecule has 0 aliphatic carbocycles. The molecular formula is C8H15BrO4. The Morgan fingerprint density at radius 1 is 1.38 bits per heavy atom. The van der Waals surface area contributed by atoms with Gasteiger partial charge in [0.15, 0.2) is 6.10 Å². The van der Waals surface area contributed by atoms with Crippen LogP contribution in [0.3, 0.4) is 0 Å². The Labute approximate surface area is 86.7 Å². The Balaban J connectivity index is 3.73. The Morgan fingerprint density at radius 3 is 2.54 bits per heavy atom. The minimum atomic E-state index is -0.487. The molecule has 0 heterocycles. The maximum atomic E-state index is 11.1. The molecule has 0 fully saturated rings. The summed E-state index contributed by atoms with van der Waals surface area (Å²) in [5.41, 5.74) is 0. The van der Waals surface area contributed by atoms with Gasteiger partial charge in [0.05, 0.1) is 20.3 Å². The van der Waals surface area contributed by atoms with Crippen LogP contribution in [0.2, 0.25) is 0 Å². The fourth-order valence-electron chi connectivity index (χ4n) is 0.773. The summed E-state index contributed by atoms with van der Waals surface area (Å²) in [6, 6.07) is 0. The molecule has 5 heteroatoms. The maximum Gasteiger partial charge on any atom is 0.335 e. The average Bonchev–Trinajstić information content (AvgIpc) is 2.16. The van der Waals surface area contributed by atoms with Gasteiger partial charge in [0.25, 0.3) is 0 Å². The van der Waals surface area contributed by atoms with Gasteiger partial charge in [-0.15, -0.1) is 0 Å². The summed E-state index contributed by atoms with van der Waals surface area (Å²) in [4.78, 5) is 11.1. The first-order valence-corrected chi connectivity index (χ1v) is 5.12. The summed E-state index contributed by atoms with van der Waals surface area (Å²) >= 11 is 3.24. The van der Waals surface area contributed by atoms with Gasteiger partial charge >= 0.3 is 5.97 Å². The summed E-state index contributed by atoms with van der Waals surface area (Å²) in [5.74, 6) is -0.337. The molecule has 1 unspecified atom stereocenters. The molecule has 0 aromatic carbocycles. The van der Waals surface area contributed by atoms with E-state index in [0.717, 1.165) is 0 Å². The summed E-state index contributed by atoms with van der Waals surface area (Å²) < 4.78 is 14.6. The van der Waals surface area contributed by atoms with Crippen molar-refractivity contribution in [3.8, 4) is 0 Å². The van der Waals surface area contributed by atoms with E-state index >= 15 is 0 Å². The van der Waals surface area contributed by atoms with E-state index in [2.05, 4.69) is 20.7 Å². The molecule has 0 aliphatic heterocycles. The largest absolute Gasteiger partial charge is 0.467 e. The van der Waals surface area contributed by atoms with Gasteiger partial charge in [-0.1, -0.05) is 15.9 Å². The predicted octanol–water partition coefficient (Wildman–Crippen LogP) is 0.976. The number of hydrogen-bond acceptors (Lipinski definition) is 4. The van der Waals surface area contributed by atoms with Crippen LogP contribution in [0.4, 0.5) is 0 Å². The van der Waals surface area contributed by atoms with Gasteiger partial charge in [0.2, 0.25) is 0 Å². The molecule has 0 aliphatic rings. The summed E-state index contributed by atoms with van der Waals surface area (Å²) in [6.07, 6.45) is 0.121. The van der Waals surface area contributed by atoms with Crippen molar-refractivity contribution in [1.29, 1.82) is 0 Å². The standard InChI is InChI=1S/C8H15BrO4/c1-11-5-6-13-7(3-4-9)8(10)12-2/h7H,3-6H2,1-2H3. The Morgan fingerprint density at radius 2 is 2.08 bits per heavy atom. The zero-order valence-electron chi connectivity index (χ0n) is 7.92. The van der Waals surface area contributed by atoms with Gasteiger partial charge in [-0.2, -0.15) is 0 Å². The second-order valence-corrected chi connectivity index (χ2v) is 3.15. The van der Waals surface area contributed by atoms with E-state index < -0.39 is 6.10 Å². The number of halogens is 1. The van der Waals surface area contributed by atoms with Crippen LogP contribution in [0, 0.1) is 0 Å². The first kappa shape index (κ1) is 12.9. The molecule has 0 aromatic rings. The van der Waals surface area contributed by atoms with Crippen molar-refractivity contribution in [1.82, 2.24) is 0 Å². The summed E-state index contributed by atoms with van der Waals surface area (Å²) in [5, 5.41) is 0.708. The van der Waals surface area contributed by atoms with Crippen LogP contribution >= 0.6 is 15.9 Å². The van der Waals surface area contributed by atoms with Gasteiger partial charge in [-0.3, -0.25) is 0 Å². The SMILES string of the molecule is COCCOC(CCBr)C(=O)OC. The molecule has 1 atom stereocenters. The summed E-state index contributed by atoms with van der Waals surface area (Å²) in [6.45, 7) is 0.888. The van der Waals surface area contributed by atoms with Crippen LogP contribution < -0.4 is 0 Å². The van der Waals surface area contributed by atoms with Crippen LogP contribution in [-0.2, 0) is 19.0 Å². The first-order chi connectivity index (χ1) is 6.26. The molecule has 0 saturated carbocycles. The molecular weight excluding hydrogens is 240 g/mol. The fourth-order valence-corrected chi connectivity index (χ4v) is 1.19. The minimum Gasteiger partial charge on any atom is -0.467 e. The van der Waals surface area contributed by atoms with E-state index in [4.69, 9.17) is 9.47 Å². The number of rotatable bonds is 7. The quantitative estimate of drug-likeness (QED) is 0.386. The highest BCUT2D eigenvalue weighted by Crippen LogP contribution is 2.03. The van der Waals surface area contributed by atoms with Crippen molar-refractivity contribution < 1.29 is 19.0 Å². The van der Waals surface area contributed by atoms with Gasteiger partial charge < -0.3 is 14.2 Å². The number of esters is 1. The lowest BCUT2D eigenvalue weighted by molar-refractivity contribution is -0.154. The Hall–Kier alpha value is -0.130. The van der Waals surface area contributed by atoms with Crippen molar-refractivity contribution in [3.63, 3.8) is 0 Å². The molecule has 0 radical (unpaired) electrons. The van der Waals surface area contributed by atoms with Crippen molar-refractivity contribution >= 4 is 21.9 Å². The zero-order chi connectivity index (χ0) is 10.1. The molecule has 0 rings (SSSR count). The van der Waals surface area contributed by atoms with Crippen molar-refractivity contribution in [2.24, 2.45) is 0 Å². The molecule has 13 heavy (non-hydrogen) atoms. The highest BCUT2D eigenvalue weighted by atomic mass is 79.9. The second kappa shape index (κ2) is 8.47. The van der Waals surface area contributed by atoms with E-state index in [1.54, 1.807) is 7.11 Å². The van der Waals surface area contributed by atoms with Gasteiger partial charge in [-0.25, -0.2) is 4.79 Å². The molecule has 0 amide bonds. The molecule has 0 spiro atoms. The van der Waals surface area contributed by atoms with Crippen LogP contribution in [0.15, 0.2) is 0 Å². The molecule has 0 saturated heterocycles. The third-order valence-corrected chi connectivity index (χ3v) is 1.90. The highest BCUT2D eigenvalue weighted by molar-refractivity contribution is 9.09. The Bertz CT molecular complexity index is 140. The number of carbonyl (C=O) groups is 1. The van der Waals surface area contributed by atoms with Crippen LogP contribution in [0.5, 0.6) is 0 Å². The second-order valence-electron chi connectivity index (χ2n) is 2.35. The predicted molar refractivity (Wildman–Crippen MR) is 52.0 cm³/mol. The van der Waals surface area contributed by atoms with Gasteiger partial charge in [0, 0.05) is 12.4 Å². The van der Waals surface area contributed by atoms with Gasteiger partial charge in [-0.05, 0) is 6.42 Å². The van der Waals surface area contributed by atoms with E-state index in [9.17, 15) is 4.79 Å². The lowest BCUT2D eigenvalue weighted by atomic mass is 10.3. The third kappa shape index (κ3) is 6.01. The number of carbonyl (C=O) groups excluding carboxylic acids is 1.